The van der Waals surface area contributed by atoms with E-state index in [4.69, 9.17) is 11.6 Å². The number of alkyl halides is 3. The lowest BCUT2D eigenvalue weighted by Gasteiger charge is -2.12. The molecule has 2 rings (SSSR count). The molecule has 2 aromatic carbocycles. The molecule has 0 unspecified atom stereocenters. The molecule has 0 saturated carbocycles. The highest BCUT2D eigenvalue weighted by Crippen LogP contribution is 2.35. The summed E-state index contributed by atoms with van der Waals surface area (Å²) in [6.07, 6.45) is -5.05. The molecule has 0 atom stereocenters. The van der Waals surface area contributed by atoms with Crippen LogP contribution in [0.25, 0.3) is 0 Å². The second-order valence-corrected chi connectivity index (χ2v) is 8.52. The van der Waals surface area contributed by atoms with Crippen LogP contribution in [0, 0.1) is 0 Å². The molecule has 3 N–H and O–H groups in total. The predicted molar refractivity (Wildman–Crippen MR) is 108 cm³/mol. The monoisotopic (exact) mass is 477 g/mol. The van der Waals surface area contributed by atoms with Crippen molar-refractivity contribution in [1.29, 1.82) is 0 Å². The van der Waals surface area contributed by atoms with Crippen molar-refractivity contribution in [3.05, 3.63) is 64.2 Å². The number of carbonyl (C=O) groups is 2. The minimum atomic E-state index is -4.81. The van der Waals surface area contributed by atoms with E-state index in [9.17, 15) is 31.2 Å². The van der Waals surface area contributed by atoms with Gasteiger partial charge >= 0.3 is 6.18 Å². The topological polar surface area (TPSA) is 104 Å². The van der Waals surface area contributed by atoms with Crippen molar-refractivity contribution < 1.29 is 31.2 Å². The summed E-state index contributed by atoms with van der Waals surface area (Å²) in [5.74, 6) is -0.765. The first-order valence-corrected chi connectivity index (χ1v) is 10.7. The summed E-state index contributed by atoms with van der Waals surface area (Å²) >= 11 is 5.49. The quantitative estimate of drug-likeness (QED) is 0.543. The van der Waals surface area contributed by atoms with Crippen LogP contribution >= 0.6 is 11.6 Å². The lowest BCUT2D eigenvalue weighted by molar-refractivity contribution is -0.137. The van der Waals surface area contributed by atoms with E-state index < -0.39 is 37.6 Å². The molecule has 0 spiro atoms. The number of benzene rings is 2. The second-order valence-electron chi connectivity index (χ2n) is 6.34. The predicted octanol–water partition coefficient (Wildman–Crippen LogP) is 2.70. The fourth-order valence-electron chi connectivity index (χ4n) is 2.53. The molecule has 0 aliphatic heterocycles. The molecule has 168 valence electrons. The summed E-state index contributed by atoms with van der Waals surface area (Å²) < 4.78 is 65.3. The van der Waals surface area contributed by atoms with Crippen LogP contribution in [0.15, 0.2) is 47.4 Å². The van der Waals surface area contributed by atoms with Crippen molar-refractivity contribution in [1.82, 2.24) is 15.4 Å². The van der Waals surface area contributed by atoms with Gasteiger partial charge in [0.25, 0.3) is 5.91 Å². The number of hydrogen-bond donors (Lipinski definition) is 3. The van der Waals surface area contributed by atoms with Crippen LogP contribution in [0.1, 0.15) is 27.9 Å². The van der Waals surface area contributed by atoms with Gasteiger partial charge in [-0.05, 0) is 35.9 Å². The van der Waals surface area contributed by atoms with E-state index in [0.29, 0.717) is 17.2 Å². The molecule has 0 heterocycles. The Balaban J connectivity index is 1.91. The average molecular weight is 478 g/mol. The van der Waals surface area contributed by atoms with Crippen LogP contribution in [0.2, 0.25) is 5.02 Å². The zero-order valence-corrected chi connectivity index (χ0v) is 17.8. The molecule has 2 amide bonds. The SMILES string of the molecule is CNC(=O)c1cccc(CNC(=O)CCNS(=O)(=O)c2ccc(Cl)c(C(F)(F)F)c2)c1. The summed E-state index contributed by atoms with van der Waals surface area (Å²) in [7, 11) is -2.78. The average Bonchev–Trinajstić information content (AvgIpc) is 2.71. The Bertz CT molecular complexity index is 1080. The van der Waals surface area contributed by atoms with E-state index in [-0.39, 0.29) is 25.4 Å². The Morgan fingerprint density at radius 1 is 1.10 bits per heavy atom. The number of nitrogens with one attached hydrogen (secondary N) is 3. The van der Waals surface area contributed by atoms with E-state index >= 15 is 0 Å². The highest BCUT2D eigenvalue weighted by molar-refractivity contribution is 7.89. The van der Waals surface area contributed by atoms with Gasteiger partial charge in [-0.2, -0.15) is 13.2 Å². The van der Waals surface area contributed by atoms with Crippen molar-refractivity contribution in [2.45, 2.75) is 24.0 Å². The summed E-state index contributed by atoms with van der Waals surface area (Å²) in [5.41, 5.74) is -0.187. The van der Waals surface area contributed by atoms with Crippen molar-refractivity contribution >= 4 is 33.4 Å². The van der Waals surface area contributed by atoms with Gasteiger partial charge in [0.15, 0.2) is 0 Å². The second kappa shape index (κ2) is 10.1. The molecule has 0 bridgehead atoms. The molecular weight excluding hydrogens is 459 g/mol. The molecule has 12 heteroatoms. The van der Waals surface area contributed by atoms with E-state index in [2.05, 4.69) is 15.4 Å². The van der Waals surface area contributed by atoms with E-state index in [1.807, 2.05) is 0 Å². The summed E-state index contributed by atoms with van der Waals surface area (Å²) in [4.78, 5) is 23.0. The van der Waals surface area contributed by atoms with Crippen LogP contribution in [-0.2, 0) is 27.5 Å². The van der Waals surface area contributed by atoms with Crippen LogP contribution < -0.4 is 15.4 Å². The molecule has 0 saturated heterocycles. The van der Waals surface area contributed by atoms with Gasteiger partial charge in [-0.15, -0.1) is 0 Å². The first-order valence-electron chi connectivity index (χ1n) is 8.88. The van der Waals surface area contributed by atoms with Crippen LogP contribution in [0.4, 0.5) is 13.2 Å². The number of hydrogen-bond acceptors (Lipinski definition) is 4. The Kier molecular flexibility index (Phi) is 8.04. The minimum Gasteiger partial charge on any atom is -0.355 e. The lowest BCUT2D eigenvalue weighted by Crippen LogP contribution is -2.30. The van der Waals surface area contributed by atoms with E-state index in [0.717, 1.165) is 12.1 Å². The third kappa shape index (κ3) is 6.94. The maximum absolute atomic E-state index is 12.9. The molecule has 31 heavy (non-hydrogen) atoms. The number of amides is 2. The van der Waals surface area contributed by atoms with Gasteiger partial charge < -0.3 is 10.6 Å². The van der Waals surface area contributed by atoms with E-state index in [1.54, 1.807) is 24.3 Å². The standard InChI is InChI=1S/C19H19ClF3N3O4S/c1-24-18(28)13-4-2-3-12(9-13)11-25-17(27)7-8-26-31(29,30)14-5-6-16(20)15(10-14)19(21,22)23/h2-6,9-10,26H,7-8,11H2,1H3,(H,24,28)(H,25,27). The Labute approximate surface area is 182 Å². The number of halogens is 4. The van der Waals surface area contributed by atoms with Gasteiger partial charge in [0, 0.05) is 32.1 Å². The van der Waals surface area contributed by atoms with Gasteiger partial charge in [-0.25, -0.2) is 13.1 Å². The molecule has 0 aliphatic rings. The largest absolute Gasteiger partial charge is 0.417 e. The third-order valence-corrected chi connectivity index (χ3v) is 5.89. The maximum Gasteiger partial charge on any atom is 0.417 e. The van der Waals surface area contributed by atoms with Gasteiger partial charge in [0.2, 0.25) is 15.9 Å². The Morgan fingerprint density at radius 2 is 1.81 bits per heavy atom. The fraction of sp³-hybridized carbons (Fsp3) is 0.263. The highest BCUT2D eigenvalue weighted by Gasteiger charge is 2.34. The number of sulfonamides is 1. The number of carbonyl (C=O) groups excluding carboxylic acids is 2. The summed E-state index contributed by atoms with van der Waals surface area (Å²) in [5, 5.41) is 4.44. The van der Waals surface area contributed by atoms with E-state index in [1.165, 1.54) is 7.05 Å². The zero-order valence-electron chi connectivity index (χ0n) is 16.2. The molecule has 0 aromatic heterocycles. The first kappa shape index (κ1) is 24.6. The molecule has 0 fully saturated rings. The van der Waals surface area contributed by atoms with Gasteiger partial charge in [-0.1, -0.05) is 23.7 Å². The molecule has 7 nitrogen and oxygen atoms in total. The van der Waals surface area contributed by atoms with Crippen LogP contribution in [-0.4, -0.2) is 33.8 Å². The summed E-state index contributed by atoms with van der Waals surface area (Å²) in [6, 6.07) is 8.79. The van der Waals surface area contributed by atoms with Crippen LogP contribution in [0.3, 0.4) is 0 Å². The Hall–Kier alpha value is -2.63. The highest BCUT2D eigenvalue weighted by atomic mass is 35.5. The van der Waals surface area contributed by atoms with Gasteiger partial charge in [0.05, 0.1) is 15.5 Å². The molecular formula is C19H19ClF3N3O4S. The normalized spacial score (nSPS) is 11.8. The smallest absolute Gasteiger partial charge is 0.355 e. The maximum atomic E-state index is 12.9. The van der Waals surface area contributed by atoms with Crippen LogP contribution in [0.5, 0.6) is 0 Å². The van der Waals surface area contributed by atoms with Crippen molar-refractivity contribution in [3.8, 4) is 0 Å². The van der Waals surface area contributed by atoms with Crippen molar-refractivity contribution in [2.75, 3.05) is 13.6 Å². The molecule has 2 aromatic rings. The van der Waals surface area contributed by atoms with Crippen molar-refractivity contribution in [3.63, 3.8) is 0 Å². The van der Waals surface area contributed by atoms with Gasteiger partial charge in [-0.3, -0.25) is 9.59 Å². The molecule has 0 aliphatic carbocycles. The lowest BCUT2D eigenvalue weighted by atomic mass is 10.1. The third-order valence-electron chi connectivity index (χ3n) is 4.10. The van der Waals surface area contributed by atoms with Crippen molar-refractivity contribution in [2.24, 2.45) is 0 Å². The number of rotatable bonds is 8. The Morgan fingerprint density at radius 3 is 2.45 bits per heavy atom. The zero-order chi connectivity index (χ0) is 23.2. The minimum absolute atomic E-state index is 0.114. The first-order chi connectivity index (χ1) is 14.4. The molecule has 0 radical (unpaired) electrons. The summed E-state index contributed by atoms with van der Waals surface area (Å²) in [6.45, 7) is -0.209. The fourth-order valence-corrected chi connectivity index (χ4v) is 3.81. The van der Waals surface area contributed by atoms with Gasteiger partial charge in [0.1, 0.15) is 0 Å².